The highest BCUT2D eigenvalue weighted by atomic mass is 79.9. The summed E-state index contributed by atoms with van der Waals surface area (Å²) >= 11 is 3.23. The lowest BCUT2D eigenvalue weighted by Gasteiger charge is -2.07. The van der Waals surface area contributed by atoms with Crippen LogP contribution in [0, 0.1) is 18.8 Å². The average Bonchev–Trinajstić information content (AvgIpc) is 3.01. The van der Waals surface area contributed by atoms with Gasteiger partial charge in [-0.25, -0.2) is 4.98 Å². The van der Waals surface area contributed by atoms with Crippen LogP contribution in [0.3, 0.4) is 0 Å². The Morgan fingerprint density at radius 3 is 2.71 bits per heavy atom. The maximum atomic E-state index is 11.7. The second-order valence-electron chi connectivity index (χ2n) is 4.04. The number of halogens is 1. The molecule has 2 rings (SSSR count). The number of carboxylic acids is 1. The first-order valence-electron chi connectivity index (χ1n) is 5.16. The summed E-state index contributed by atoms with van der Waals surface area (Å²) in [5.74, 6) is -2.09. The standard InChI is InChI=1S/C11H11BrN2O3/c1-5-8(2-3-9(12)13-5)14-10(15)6-4-7(6)11(16)17/h2-3,6-7H,4H2,1H3,(H,14,15)(H,16,17)/t6-,7+/m1/s1. The zero-order chi connectivity index (χ0) is 12.6. The number of carboxylic acid groups (broad SMARTS) is 1. The third kappa shape index (κ3) is 2.63. The summed E-state index contributed by atoms with van der Waals surface area (Å²) in [6, 6.07) is 3.46. The van der Waals surface area contributed by atoms with Crippen molar-refractivity contribution in [2.24, 2.45) is 11.8 Å². The van der Waals surface area contributed by atoms with Crippen LogP contribution in [-0.4, -0.2) is 22.0 Å². The number of amides is 1. The first-order valence-corrected chi connectivity index (χ1v) is 5.95. The van der Waals surface area contributed by atoms with Gasteiger partial charge in [-0.1, -0.05) is 0 Å². The van der Waals surface area contributed by atoms with Gasteiger partial charge in [0.1, 0.15) is 4.60 Å². The van der Waals surface area contributed by atoms with Gasteiger partial charge >= 0.3 is 5.97 Å². The summed E-state index contributed by atoms with van der Waals surface area (Å²) in [4.78, 5) is 26.5. The van der Waals surface area contributed by atoms with Crippen molar-refractivity contribution in [2.45, 2.75) is 13.3 Å². The van der Waals surface area contributed by atoms with Gasteiger partial charge in [0.25, 0.3) is 0 Å². The quantitative estimate of drug-likeness (QED) is 0.834. The van der Waals surface area contributed by atoms with Crippen LogP contribution in [0.4, 0.5) is 5.69 Å². The Labute approximate surface area is 106 Å². The molecule has 1 amide bonds. The van der Waals surface area contributed by atoms with Gasteiger partial charge in [0.05, 0.1) is 23.2 Å². The highest BCUT2D eigenvalue weighted by Gasteiger charge is 2.48. The number of carbonyl (C=O) groups is 2. The molecule has 0 saturated heterocycles. The van der Waals surface area contributed by atoms with Crippen LogP contribution < -0.4 is 5.32 Å². The van der Waals surface area contributed by atoms with Crippen LogP contribution in [0.15, 0.2) is 16.7 Å². The summed E-state index contributed by atoms with van der Waals surface area (Å²) in [5.41, 5.74) is 1.31. The molecular formula is C11H11BrN2O3. The van der Waals surface area contributed by atoms with Crippen LogP contribution in [-0.2, 0) is 9.59 Å². The van der Waals surface area contributed by atoms with E-state index >= 15 is 0 Å². The minimum Gasteiger partial charge on any atom is -0.481 e. The fourth-order valence-corrected chi connectivity index (χ4v) is 2.04. The first-order chi connectivity index (χ1) is 7.99. The Morgan fingerprint density at radius 2 is 2.18 bits per heavy atom. The number of hydrogen-bond acceptors (Lipinski definition) is 3. The highest BCUT2D eigenvalue weighted by molar-refractivity contribution is 9.10. The molecule has 0 radical (unpaired) electrons. The zero-order valence-corrected chi connectivity index (χ0v) is 10.7. The molecule has 0 spiro atoms. The van der Waals surface area contributed by atoms with Gasteiger partial charge in [-0.2, -0.15) is 0 Å². The average molecular weight is 299 g/mol. The number of nitrogens with one attached hydrogen (secondary N) is 1. The Balaban J connectivity index is 2.02. The van der Waals surface area contributed by atoms with Gasteiger partial charge in [0.15, 0.2) is 0 Å². The largest absolute Gasteiger partial charge is 0.481 e. The molecule has 1 aromatic heterocycles. The molecule has 2 atom stereocenters. The predicted octanol–water partition coefficient (Wildman–Crippen LogP) is 1.81. The van der Waals surface area contributed by atoms with Crippen molar-refractivity contribution < 1.29 is 14.7 Å². The maximum absolute atomic E-state index is 11.7. The van der Waals surface area contributed by atoms with Crippen LogP contribution >= 0.6 is 15.9 Å². The molecule has 1 aliphatic rings. The summed E-state index contributed by atoms with van der Waals surface area (Å²) in [7, 11) is 0. The maximum Gasteiger partial charge on any atom is 0.307 e. The van der Waals surface area contributed by atoms with E-state index in [9.17, 15) is 9.59 Å². The number of nitrogens with zero attached hydrogens (tertiary/aromatic N) is 1. The molecule has 1 fully saturated rings. The Hall–Kier alpha value is -1.43. The van der Waals surface area contributed by atoms with Crippen molar-refractivity contribution in [1.82, 2.24) is 4.98 Å². The Morgan fingerprint density at radius 1 is 1.47 bits per heavy atom. The van der Waals surface area contributed by atoms with Gasteiger partial charge in [0, 0.05) is 0 Å². The Kier molecular flexibility index (Phi) is 3.15. The normalized spacial score (nSPS) is 22.0. The van der Waals surface area contributed by atoms with Crippen molar-refractivity contribution in [3.63, 3.8) is 0 Å². The number of aromatic nitrogens is 1. The monoisotopic (exact) mass is 298 g/mol. The summed E-state index contributed by atoms with van der Waals surface area (Å²) in [5, 5.41) is 11.4. The first kappa shape index (κ1) is 12.0. The van der Waals surface area contributed by atoms with E-state index in [0.717, 1.165) is 0 Å². The van der Waals surface area contributed by atoms with Gasteiger partial charge in [0.2, 0.25) is 5.91 Å². The number of hydrogen-bond donors (Lipinski definition) is 2. The van der Waals surface area contributed by atoms with E-state index in [4.69, 9.17) is 5.11 Å². The lowest BCUT2D eigenvalue weighted by atomic mass is 10.2. The molecule has 6 heteroatoms. The minimum absolute atomic E-state index is 0.246. The second-order valence-corrected chi connectivity index (χ2v) is 4.86. The molecule has 17 heavy (non-hydrogen) atoms. The van der Waals surface area contributed by atoms with Crippen LogP contribution in [0.2, 0.25) is 0 Å². The molecule has 5 nitrogen and oxygen atoms in total. The number of anilines is 1. The number of rotatable bonds is 3. The van der Waals surface area contributed by atoms with E-state index in [1.165, 1.54) is 0 Å². The molecule has 1 aliphatic carbocycles. The molecule has 0 aromatic carbocycles. The smallest absolute Gasteiger partial charge is 0.307 e. The molecule has 1 saturated carbocycles. The molecule has 2 N–H and O–H groups in total. The third-order valence-electron chi connectivity index (χ3n) is 2.75. The highest BCUT2D eigenvalue weighted by Crippen LogP contribution is 2.39. The number of aryl methyl sites for hydroxylation is 1. The lowest BCUT2D eigenvalue weighted by molar-refractivity contribution is -0.139. The third-order valence-corrected chi connectivity index (χ3v) is 3.20. The molecular weight excluding hydrogens is 288 g/mol. The summed E-state index contributed by atoms with van der Waals surface area (Å²) in [6.45, 7) is 1.78. The van der Waals surface area contributed by atoms with E-state index < -0.39 is 17.8 Å². The van der Waals surface area contributed by atoms with Crippen LogP contribution in [0.5, 0.6) is 0 Å². The second kappa shape index (κ2) is 4.44. The molecule has 90 valence electrons. The van der Waals surface area contributed by atoms with E-state index in [1.54, 1.807) is 19.1 Å². The van der Waals surface area contributed by atoms with Crippen molar-refractivity contribution in [1.29, 1.82) is 0 Å². The fraction of sp³-hybridized carbons (Fsp3) is 0.364. The SMILES string of the molecule is Cc1nc(Br)ccc1NC(=O)[C@@H]1C[C@@H]1C(=O)O. The predicted molar refractivity (Wildman–Crippen MR) is 64.5 cm³/mol. The molecule has 1 heterocycles. The zero-order valence-electron chi connectivity index (χ0n) is 9.11. The molecule has 0 unspecified atom stereocenters. The van der Waals surface area contributed by atoms with E-state index in [0.29, 0.717) is 22.4 Å². The summed E-state index contributed by atoms with van der Waals surface area (Å²) in [6.07, 6.45) is 0.421. The van der Waals surface area contributed by atoms with Crippen molar-refractivity contribution >= 4 is 33.5 Å². The van der Waals surface area contributed by atoms with Gasteiger partial charge in [-0.05, 0) is 41.4 Å². The van der Waals surface area contributed by atoms with E-state index in [-0.39, 0.29) is 5.91 Å². The van der Waals surface area contributed by atoms with Crippen molar-refractivity contribution in [3.05, 3.63) is 22.4 Å². The van der Waals surface area contributed by atoms with Crippen molar-refractivity contribution in [3.8, 4) is 0 Å². The van der Waals surface area contributed by atoms with Gasteiger partial charge < -0.3 is 10.4 Å². The molecule has 1 aromatic rings. The summed E-state index contributed by atoms with van der Waals surface area (Å²) < 4.78 is 0.697. The number of carbonyl (C=O) groups excluding carboxylic acids is 1. The van der Waals surface area contributed by atoms with Gasteiger partial charge in [-0.3, -0.25) is 9.59 Å². The molecule has 0 bridgehead atoms. The van der Waals surface area contributed by atoms with E-state index in [2.05, 4.69) is 26.2 Å². The lowest BCUT2D eigenvalue weighted by Crippen LogP contribution is -2.17. The van der Waals surface area contributed by atoms with E-state index in [1.807, 2.05) is 0 Å². The minimum atomic E-state index is -0.907. The fourth-order valence-electron chi connectivity index (χ4n) is 1.65. The van der Waals surface area contributed by atoms with Crippen LogP contribution in [0.1, 0.15) is 12.1 Å². The number of pyridine rings is 1. The van der Waals surface area contributed by atoms with Crippen molar-refractivity contribution in [2.75, 3.05) is 5.32 Å². The van der Waals surface area contributed by atoms with Gasteiger partial charge in [-0.15, -0.1) is 0 Å². The Bertz CT molecular complexity index is 490. The molecule has 0 aliphatic heterocycles. The topological polar surface area (TPSA) is 79.3 Å². The van der Waals surface area contributed by atoms with Crippen LogP contribution in [0.25, 0.3) is 0 Å². The number of aliphatic carboxylic acids is 1.